The first-order valence-electron chi connectivity index (χ1n) is 19.0. The molecule has 0 saturated heterocycles. The van der Waals surface area contributed by atoms with Crippen molar-refractivity contribution in [2.45, 2.75) is 93.5 Å². The predicted molar refractivity (Wildman–Crippen MR) is 208 cm³/mol. The first kappa shape index (κ1) is 38.2. The lowest BCUT2D eigenvalue weighted by Crippen LogP contribution is -2.53. The van der Waals surface area contributed by atoms with Crippen LogP contribution in [-0.4, -0.2) is 59.3 Å². The Hall–Kier alpha value is -4.13. The van der Waals surface area contributed by atoms with Crippen molar-refractivity contribution < 1.29 is 27.8 Å². The number of sulfonamides is 1. The zero-order valence-electron chi connectivity index (χ0n) is 31.2. The zero-order valence-corrected chi connectivity index (χ0v) is 32.8. The van der Waals surface area contributed by atoms with Crippen LogP contribution in [0.15, 0.2) is 72.3 Å². The second kappa shape index (κ2) is 15.5. The fourth-order valence-corrected chi connectivity index (χ4v) is 10.3. The van der Waals surface area contributed by atoms with E-state index in [0.29, 0.717) is 54.7 Å². The van der Waals surface area contributed by atoms with Crippen molar-refractivity contribution in [3.8, 4) is 11.5 Å². The minimum absolute atomic E-state index is 0.0376. The van der Waals surface area contributed by atoms with Crippen LogP contribution in [0.5, 0.6) is 11.5 Å². The number of fused-ring (bicyclic) bond motifs is 3. The highest BCUT2D eigenvalue weighted by Crippen LogP contribution is 2.57. The Balaban J connectivity index is 1.09. The number of imidazole rings is 1. The molecule has 2 aromatic carbocycles. The minimum Gasteiger partial charge on any atom is -0.493 e. The number of aryl methyl sites for hydroxylation is 2. The van der Waals surface area contributed by atoms with Crippen LogP contribution in [0.3, 0.4) is 0 Å². The molecule has 0 unspecified atom stereocenters. The number of anilines is 1. The number of benzene rings is 2. The molecule has 11 nitrogen and oxygen atoms in total. The highest BCUT2D eigenvalue weighted by molar-refractivity contribution is 7.89. The summed E-state index contributed by atoms with van der Waals surface area (Å²) in [6.45, 7) is 5.31. The van der Waals surface area contributed by atoms with Gasteiger partial charge in [-0.25, -0.2) is 22.9 Å². The molecule has 288 valence electrons. The second-order valence-corrected chi connectivity index (χ2v) is 17.8. The number of aliphatic carboxylic acids is 1. The molecule has 1 saturated carbocycles. The van der Waals surface area contributed by atoms with Gasteiger partial charge in [0.2, 0.25) is 0 Å². The molecular weight excluding hydrogens is 726 g/mol. The highest BCUT2D eigenvalue weighted by Gasteiger charge is 2.54. The number of halogens is 1. The van der Waals surface area contributed by atoms with Crippen molar-refractivity contribution in [1.82, 2.24) is 19.3 Å². The molecule has 54 heavy (non-hydrogen) atoms. The van der Waals surface area contributed by atoms with E-state index in [2.05, 4.69) is 46.0 Å². The molecule has 1 spiro atoms. The van der Waals surface area contributed by atoms with E-state index in [4.69, 9.17) is 21.1 Å². The number of aromatic nitrogens is 3. The summed E-state index contributed by atoms with van der Waals surface area (Å²) in [7, 11) is -2.04. The molecule has 7 rings (SSSR count). The summed E-state index contributed by atoms with van der Waals surface area (Å²) in [5, 5.41) is 14.5. The van der Waals surface area contributed by atoms with E-state index >= 15 is 0 Å². The van der Waals surface area contributed by atoms with Gasteiger partial charge in [-0.15, -0.1) is 0 Å². The molecule has 0 bridgehead atoms. The Morgan fingerprint density at radius 2 is 1.93 bits per heavy atom. The van der Waals surface area contributed by atoms with E-state index in [1.807, 2.05) is 30.5 Å². The van der Waals surface area contributed by atoms with Gasteiger partial charge >= 0.3 is 5.97 Å². The van der Waals surface area contributed by atoms with Gasteiger partial charge in [-0.1, -0.05) is 37.6 Å². The van der Waals surface area contributed by atoms with Gasteiger partial charge in [0.05, 0.1) is 12.9 Å². The summed E-state index contributed by atoms with van der Waals surface area (Å²) in [4.78, 5) is 21.6. The maximum Gasteiger partial charge on any atom is 0.329 e. The molecule has 4 aromatic rings. The number of nitrogens with one attached hydrogen (secondary N) is 2. The number of rotatable bonds is 14. The number of carboxylic acids is 1. The fraction of sp³-hybridized carbons (Fsp3) is 0.488. The van der Waals surface area contributed by atoms with Crippen LogP contribution in [0.25, 0.3) is 0 Å². The number of hydrogen-bond donors (Lipinski definition) is 3. The average Bonchev–Trinajstić information content (AvgIpc) is 3.71. The number of ether oxygens (including phenoxy) is 2. The Morgan fingerprint density at radius 3 is 2.67 bits per heavy atom. The molecule has 0 amide bonds. The van der Waals surface area contributed by atoms with Gasteiger partial charge in [0.25, 0.3) is 10.0 Å². The Kier molecular flexibility index (Phi) is 11.0. The SMILES string of the molecule is C[C@@H](COc1ccnc2c1[C@H](C)CCC2)C[C@H]1Cc2ccc(OCCNS(=O)(=O)c3cn(C)cn3)cc2C12CCC(Nc1cccc(Cl)c1)(C(=O)O)CC2. The molecule has 0 aliphatic heterocycles. The molecule has 3 N–H and O–H groups in total. The van der Waals surface area contributed by atoms with Gasteiger partial charge in [0, 0.05) is 48.0 Å². The van der Waals surface area contributed by atoms with Crippen LogP contribution in [0, 0.1) is 11.8 Å². The maximum absolute atomic E-state index is 13.0. The number of nitrogens with zero attached hydrogens (tertiary/aromatic N) is 3. The Morgan fingerprint density at radius 1 is 1.11 bits per heavy atom. The smallest absolute Gasteiger partial charge is 0.329 e. The molecular formula is C41H50ClN5O6S. The number of carboxylic acid groups (broad SMARTS) is 1. The third-order valence-corrected chi connectivity index (χ3v) is 13.5. The zero-order chi connectivity index (χ0) is 38.1. The molecule has 2 aromatic heterocycles. The lowest BCUT2D eigenvalue weighted by atomic mass is 9.59. The number of pyridine rings is 1. The third kappa shape index (κ3) is 7.83. The van der Waals surface area contributed by atoms with E-state index in [1.165, 1.54) is 29.2 Å². The number of hydrogen-bond acceptors (Lipinski definition) is 8. The first-order valence-corrected chi connectivity index (χ1v) is 20.9. The van der Waals surface area contributed by atoms with Crippen molar-refractivity contribution in [1.29, 1.82) is 0 Å². The van der Waals surface area contributed by atoms with Crippen molar-refractivity contribution in [2.24, 2.45) is 18.9 Å². The second-order valence-electron chi connectivity index (χ2n) is 15.6. The van der Waals surface area contributed by atoms with Crippen LogP contribution >= 0.6 is 11.6 Å². The van der Waals surface area contributed by atoms with Crippen LogP contribution in [0.2, 0.25) is 5.02 Å². The van der Waals surface area contributed by atoms with Crippen molar-refractivity contribution in [3.63, 3.8) is 0 Å². The summed E-state index contributed by atoms with van der Waals surface area (Å²) >= 11 is 6.28. The molecule has 3 atom stereocenters. The summed E-state index contributed by atoms with van der Waals surface area (Å²) in [6, 6.07) is 15.4. The van der Waals surface area contributed by atoms with Gasteiger partial charge < -0.3 is 24.5 Å². The summed E-state index contributed by atoms with van der Waals surface area (Å²) in [6.07, 6.45) is 12.1. The quantitative estimate of drug-likeness (QED) is 0.113. The van der Waals surface area contributed by atoms with Crippen molar-refractivity contribution >= 4 is 33.3 Å². The van der Waals surface area contributed by atoms with Gasteiger partial charge in [-0.3, -0.25) is 4.98 Å². The van der Waals surface area contributed by atoms with Gasteiger partial charge in [0.15, 0.2) is 5.03 Å². The van der Waals surface area contributed by atoms with Crippen LogP contribution < -0.4 is 19.5 Å². The monoisotopic (exact) mass is 775 g/mol. The predicted octanol–water partition coefficient (Wildman–Crippen LogP) is 7.29. The van der Waals surface area contributed by atoms with E-state index in [0.717, 1.165) is 43.5 Å². The lowest BCUT2D eigenvalue weighted by molar-refractivity contribution is -0.144. The van der Waals surface area contributed by atoms with E-state index in [-0.39, 0.29) is 35.4 Å². The molecule has 2 heterocycles. The van der Waals surface area contributed by atoms with E-state index in [9.17, 15) is 18.3 Å². The third-order valence-electron chi connectivity index (χ3n) is 11.9. The van der Waals surface area contributed by atoms with Crippen molar-refractivity contribution in [3.05, 3.63) is 94.7 Å². The van der Waals surface area contributed by atoms with E-state index in [1.54, 1.807) is 23.7 Å². The number of carbonyl (C=O) groups is 1. The van der Waals surface area contributed by atoms with E-state index < -0.39 is 21.5 Å². The van der Waals surface area contributed by atoms with Crippen LogP contribution in [-0.2, 0) is 40.1 Å². The molecule has 0 radical (unpaired) electrons. The van der Waals surface area contributed by atoms with Gasteiger partial charge in [-0.05, 0) is 128 Å². The molecule has 13 heteroatoms. The Bertz CT molecular complexity index is 2100. The highest BCUT2D eigenvalue weighted by atomic mass is 35.5. The average molecular weight is 776 g/mol. The topological polar surface area (TPSA) is 145 Å². The van der Waals surface area contributed by atoms with Gasteiger partial charge in [0.1, 0.15) is 23.6 Å². The standard InChI is InChI=1S/C41H50ClN5O6S/c1-27(25-53-36-12-17-43-35-9-4-6-28(2)38(35)36)20-30-21-29-10-11-33(52-19-18-45-54(50,51)37-24-47(3)26-44-37)23-34(29)40(30)13-15-41(16-14-40,39(48)49)46-32-8-5-7-31(42)22-32/h5,7-8,10-12,17,22-24,26-28,30,45-46H,4,6,9,13-16,18-21,25H2,1-3H3,(H,48,49)/t27-,28-,30+,40?,41?/m1/s1. The Labute approximate surface area is 322 Å². The van der Waals surface area contributed by atoms with Crippen LogP contribution in [0.1, 0.15) is 87.1 Å². The molecule has 3 aliphatic rings. The molecule has 1 fully saturated rings. The summed E-state index contributed by atoms with van der Waals surface area (Å²) in [5.41, 5.74) is 4.16. The summed E-state index contributed by atoms with van der Waals surface area (Å²) < 4.78 is 42.2. The molecule has 3 aliphatic carbocycles. The maximum atomic E-state index is 13.0. The fourth-order valence-electron chi connectivity index (χ4n) is 9.11. The minimum atomic E-state index is -3.75. The summed E-state index contributed by atoms with van der Waals surface area (Å²) in [5.74, 6) is 1.69. The van der Waals surface area contributed by atoms with Crippen molar-refractivity contribution in [2.75, 3.05) is 25.1 Å². The largest absolute Gasteiger partial charge is 0.493 e. The van der Waals surface area contributed by atoms with Gasteiger partial charge in [-0.2, -0.15) is 0 Å². The normalized spacial score (nSPS) is 24.1. The lowest BCUT2D eigenvalue weighted by Gasteiger charge is -2.47. The van der Waals surface area contributed by atoms with Crippen LogP contribution in [0.4, 0.5) is 5.69 Å². The first-order chi connectivity index (χ1) is 25.9.